The number of pyridine rings is 1. The van der Waals surface area contributed by atoms with E-state index in [1.54, 1.807) is 10.6 Å². The highest BCUT2D eigenvalue weighted by Crippen LogP contribution is 2.17. The molecule has 0 spiro atoms. The summed E-state index contributed by atoms with van der Waals surface area (Å²) in [5.74, 6) is 0.306. The average molecular weight is 345 g/mol. The Hall–Kier alpha value is -2.61. The van der Waals surface area contributed by atoms with E-state index in [0.717, 1.165) is 22.6 Å². The molecule has 24 heavy (non-hydrogen) atoms. The number of hydrogen-bond acceptors (Lipinski definition) is 6. The molecule has 0 aliphatic heterocycles. The third kappa shape index (κ3) is 3.05. The second-order valence-corrected chi connectivity index (χ2v) is 6.34. The van der Waals surface area contributed by atoms with Gasteiger partial charge in [-0.15, -0.1) is 11.3 Å². The average Bonchev–Trinajstić information content (AvgIpc) is 2.92. The first-order chi connectivity index (χ1) is 11.5. The minimum atomic E-state index is -0.348. The van der Waals surface area contributed by atoms with Gasteiger partial charge < -0.3 is 0 Å². The molecule has 1 N–H and O–H groups in total. The van der Waals surface area contributed by atoms with Gasteiger partial charge in [0.25, 0.3) is 5.56 Å². The SMILES string of the molecule is CCn1c(N/N=C\c2ccc(F)s2)nc(=O)c2c(C)cc(C)nc21. The number of aromatic nitrogens is 3. The van der Waals surface area contributed by atoms with E-state index in [0.29, 0.717) is 28.4 Å². The molecule has 0 fully saturated rings. The van der Waals surface area contributed by atoms with Crippen LogP contribution in [0.1, 0.15) is 23.1 Å². The summed E-state index contributed by atoms with van der Waals surface area (Å²) in [6, 6.07) is 4.86. The lowest BCUT2D eigenvalue weighted by Crippen LogP contribution is -2.19. The van der Waals surface area contributed by atoms with Gasteiger partial charge >= 0.3 is 0 Å². The molecule has 3 heterocycles. The summed E-state index contributed by atoms with van der Waals surface area (Å²) in [5, 5.41) is 4.28. The Morgan fingerprint density at radius 2 is 2.17 bits per heavy atom. The van der Waals surface area contributed by atoms with E-state index in [2.05, 4.69) is 20.5 Å². The molecule has 0 unspecified atom stereocenters. The molecule has 124 valence electrons. The lowest BCUT2D eigenvalue weighted by atomic mass is 10.2. The molecule has 3 aromatic heterocycles. The van der Waals surface area contributed by atoms with Gasteiger partial charge in [-0.2, -0.15) is 14.5 Å². The maximum Gasteiger partial charge on any atom is 0.284 e. The van der Waals surface area contributed by atoms with E-state index < -0.39 is 0 Å². The molecule has 3 aromatic rings. The minimum absolute atomic E-state index is 0.277. The smallest absolute Gasteiger partial charge is 0.284 e. The summed E-state index contributed by atoms with van der Waals surface area (Å²) in [7, 11) is 0. The molecule has 0 aromatic carbocycles. The van der Waals surface area contributed by atoms with Crippen LogP contribution in [0.4, 0.5) is 10.3 Å². The van der Waals surface area contributed by atoms with Crippen molar-refractivity contribution in [2.75, 3.05) is 5.43 Å². The van der Waals surface area contributed by atoms with Crippen LogP contribution in [-0.2, 0) is 6.54 Å². The standard InChI is InChI=1S/C16H16FN5OS/c1-4-22-14-13(9(2)7-10(3)19-14)15(23)20-16(22)21-18-8-11-5-6-12(17)24-11/h5-8H,4H2,1-3H3,(H,20,21,23)/b18-8-. The van der Waals surface area contributed by atoms with Crippen LogP contribution in [0, 0.1) is 19.0 Å². The van der Waals surface area contributed by atoms with Gasteiger partial charge in [-0.1, -0.05) is 0 Å². The zero-order valence-corrected chi connectivity index (χ0v) is 14.3. The maximum absolute atomic E-state index is 13.0. The third-order valence-corrected chi connectivity index (χ3v) is 4.33. The number of nitrogens with one attached hydrogen (secondary N) is 1. The van der Waals surface area contributed by atoms with Crippen LogP contribution in [0.3, 0.4) is 0 Å². The van der Waals surface area contributed by atoms with Gasteiger partial charge in [-0.05, 0) is 44.5 Å². The topological polar surface area (TPSA) is 72.2 Å². The fraction of sp³-hybridized carbons (Fsp3) is 0.250. The van der Waals surface area contributed by atoms with Gasteiger partial charge in [0, 0.05) is 12.2 Å². The lowest BCUT2D eigenvalue weighted by molar-refractivity contribution is 0.657. The van der Waals surface area contributed by atoms with Crippen molar-refractivity contribution in [2.24, 2.45) is 5.10 Å². The third-order valence-electron chi connectivity index (χ3n) is 3.52. The Morgan fingerprint density at radius 1 is 1.38 bits per heavy atom. The number of hydrogen-bond donors (Lipinski definition) is 1. The first-order valence-corrected chi connectivity index (χ1v) is 8.24. The van der Waals surface area contributed by atoms with Gasteiger partial charge in [0.1, 0.15) is 5.65 Å². The van der Waals surface area contributed by atoms with Crippen LogP contribution in [0.15, 0.2) is 28.1 Å². The Bertz CT molecular complexity index is 992. The van der Waals surface area contributed by atoms with E-state index >= 15 is 0 Å². The van der Waals surface area contributed by atoms with Gasteiger partial charge in [0.2, 0.25) is 5.95 Å². The van der Waals surface area contributed by atoms with Crippen LogP contribution in [-0.4, -0.2) is 20.7 Å². The summed E-state index contributed by atoms with van der Waals surface area (Å²) in [6.45, 7) is 6.27. The van der Waals surface area contributed by atoms with E-state index in [1.807, 2.05) is 26.8 Å². The monoisotopic (exact) mass is 345 g/mol. The number of anilines is 1. The molecule has 0 radical (unpaired) electrons. The predicted octanol–water partition coefficient (Wildman–Crippen LogP) is 3.07. The van der Waals surface area contributed by atoms with Crippen LogP contribution < -0.4 is 11.0 Å². The predicted molar refractivity (Wildman–Crippen MR) is 94.4 cm³/mol. The van der Waals surface area contributed by atoms with E-state index in [4.69, 9.17) is 0 Å². The molecule has 0 atom stereocenters. The fourth-order valence-electron chi connectivity index (χ4n) is 2.53. The number of halogens is 1. The Labute approximate surface area is 141 Å². The summed E-state index contributed by atoms with van der Waals surface area (Å²) in [4.78, 5) is 21.5. The molecule has 0 bridgehead atoms. The summed E-state index contributed by atoms with van der Waals surface area (Å²) < 4.78 is 14.8. The molecule has 8 heteroatoms. The zero-order chi connectivity index (χ0) is 17.3. The molecule has 0 aliphatic rings. The summed E-state index contributed by atoms with van der Waals surface area (Å²) >= 11 is 0.985. The molecule has 0 saturated carbocycles. The van der Waals surface area contributed by atoms with Crippen molar-refractivity contribution >= 4 is 34.5 Å². The van der Waals surface area contributed by atoms with Gasteiger partial charge in [0.05, 0.1) is 16.5 Å². The molecule has 0 aliphatic carbocycles. The van der Waals surface area contributed by atoms with Gasteiger partial charge in [0.15, 0.2) is 5.13 Å². The quantitative estimate of drug-likeness (QED) is 0.583. The number of rotatable bonds is 4. The van der Waals surface area contributed by atoms with Crippen LogP contribution in [0.2, 0.25) is 0 Å². The minimum Gasteiger partial charge on any atom is -0.295 e. The number of fused-ring (bicyclic) bond motifs is 1. The normalized spacial score (nSPS) is 11.5. The van der Waals surface area contributed by atoms with Crippen LogP contribution in [0.5, 0.6) is 0 Å². The molecular weight excluding hydrogens is 329 g/mol. The highest BCUT2D eigenvalue weighted by Gasteiger charge is 2.13. The van der Waals surface area contributed by atoms with Crippen molar-refractivity contribution in [2.45, 2.75) is 27.3 Å². The van der Waals surface area contributed by atoms with E-state index in [-0.39, 0.29) is 10.7 Å². The molecule has 0 amide bonds. The molecule has 0 saturated heterocycles. The number of hydrazone groups is 1. The van der Waals surface area contributed by atoms with E-state index in [9.17, 15) is 9.18 Å². The Kier molecular flexibility index (Phi) is 4.39. The largest absolute Gasteiger partial charge is 0.295 e. The van der Waals surface area contributed by atoms with Crippen molar-refractivity contribution in [1.29, 1.82) is 0 Å². The van der Waals surface area contributed by atoms with Gasteiger partial charge in [-0.3, -0.25) is 9.36 Å². The first-order valence-electron chi connectivity index (χ1n) is 7.42. The number of aryl methyl sites for hydroxylation is 3. The lowest BCUT2D eigenvalue weighted by Gasteiger charge is -2.13. The van der Waals surface area contributed by atoms with Crippen LogP contribution in [0.25, 0.3) is 11.0 Å². The highest BCUT2D eigenvalue weighted by molar-refractivity contribution is 7.12. The Morgan fingerprint density at radius 3 is 2.83 bits per heavy atom. The molecular formula is C16H16FN5OS. The van der Waals surface area contributed by atoms with Crippen LogP contribution >= 0.6 is 11.3 Å². The Balaban J connectivity index is 2.04. The first kappa shape index (κ1) is 16.3. The van der Waals surface area contributed by atoms with E-state index in [1.165, 1.54) is 12.3 Å². The van der Waals surface area contributed by atoms with Crippen molar-refractivity contribution in [3.63, 3.8) is 0 Å². The van der Waals surface area contributed by atoms with Crippen molar-refractivity contribution in [3.05, 3.63) is 49.8 Å². The zero-order valence-electron chi connectivity index (χ0n) is 13.5. The molecule has 6 nitrogen and oxygen atoms in total. The fourth-order valence-corrected chi connectivity index (χ4v) is 3.13. The molecule has 3 rings (SSSR count). The van der Waals surface area contributed by atoms with Crippen molar-refractivity contribution in [1.82, 2.24) is 14.5 Å². The van der Waals surface area contributed by atoms with Gasteiger partial charge in [-0.25, -0.2) is 10.4 Å². The van der Waals surface area contributed by atoms with Crippen molar-refractivity contribution in [3.8, 4) is 0 Å². The summed E-state index contributed by atoms with van der Waals surface area (Å²) in [5.41, 5.74) is 4.67. The summed E-state index contributed by atoms with van der Waals surface area (Å²) in [6.07, 6.45) is 1.49. The van der Waals surface area contributed by atoms with Crippen molar-refractivity contribution < 1.29 is 4.39 Å². The number of nitrogens with zero attached hydrogens (tertiary/aromatic N) is 4. The second kappa shape index (κ2) is 6.48. The maximum atomic E-state index is 13.0. The highest BCUT2D eigenvalue weighted by atomic mass is 32.1. The second-order valence-electron chi connectivity index (χ2n) is 5.28. The number of thiophene rings is 1.